The summed E-state index contributed by atoms with van der Waals surface area (Å²) in [4.78, 5) is 0. The molecule has 0 saturated heterocycles. The lowest BCUT2D eigenvalue weighted by Gasteiger charge is -2.08. The zero-order chi connectivity index (χ0) is 22.7. The summed E-state index contributed by atoms with van der Waals surface area (Å²) >= 11 is 0. The highest BCUT2D eigenvalue weighted by Crippen LogP contribution is 2.25. The standard InChI is InChI=1S/C26H42N6/c1-3-5-7-9-11-13-17-21-27-29-25-23-19-15-16-20-24(23)26(32-31-25)30-28-22-18-14-12-10-8-6-4-2/h15-16,19-22H,3-14,17-18H2,1-2H3,(H,29,31)(H,30,32)/b27-21+,28-22+. The Hall–Kier alpha value is -2.50. The van der Waals surface area contributed by atoms with Gasteiger partial charge < -0.3 is 0 Å². The summed E-state index contributed by atoms with van der Waals surface area (Å²) in [7, 11) is 0. The predicted octanol–water partition coefficient (Wildman–Crippen LogP) is 7.93. The van der Waals surface area contributed by atoms with Gasteiger partial charge in [0.15, 0.2) is 11.6 Å². The maximum atomic E-state index is 4.35. The fourth-order valence-electron chi connectivity index (χ4n) is 3.64. The summed E-state index contributed by atoms with van der Waals surface area (Å²) in [6.45, 7) is 4.50. The van der Waals surface area contributed by atoms with Gasteiger partial charge in [-0.2, -0.15) is 10.2 Å². The van der Waals surface area contributed by atoms with Crippen LogP contribution in [0, 0.1) is 0 Å². The lowest BCUT2D eigenvalue weighted by Crippen LogP contribution is -2.01. The fourth-order valence-corrected chi connectivity index (χ4v) is 3.64. The summed E-state index contributed by atoms with van der Waals surface area (Å²) in [6, 6.07) is 8.06. The molecule has 0 aliphatic carbocycles. The average molecular weight is 439 g/mol. The third-order valence-electron chi connectivity index (χ3n) is 5.58. The molecule has 0 radical (unpaired) electrons. The van der Waals surface area contributed by atoms with Gasteiger partial charge in [-0.25, -0.2) is 0 Å². The van der Waals surface area contributed by atoms with Crippen LogP contribution in [0.3, 0.4) is 0 Å². The molecule has 2 aromatic rings. The third-order valence-corrected chi connectivity index (χ3v) is 5.58. The molecule has 2 N–H and O–H groups in total. The maximum Gasteiger partial charge on any atom is 0.176 e. The number of hydrogen-bond donors (Lipinski definition) is 2. The van der Waals surface area contributed by atoms with Gasteiger partial charge in [-0.05, 0) is 25.7 Å². The van der Waals surface area contributed by atoms with Gasteiger partial charge in [0, 0.05) is 23.2 Å². The Labute approximate surface area is 194 Å². The van der Waals surface area contributed by atoms with E-state index < -0.39 is 0 Å². The van der Waals surface area contributed by atoms with E-state index in [4.69, 9.17) is 0 Å². The summed E-state index contributed by atoms with van der Waals surface area (Å²) in [5.41, 5.74) is 6.12. The van der Waals surface area contributed by atoms with Gasteiger partial charge in [0.25, 0.3) is 0 Å². The summed E-state index contributed by atoms with van der Waals surface area (Å²) in [6.07, 6.45) is 21.4. The normalized spacial score (nSPS) is 11.7. The summed E-state index contributed by atoms with van der Waals surface area (Å²) < 4.78 is 0. The molecule has 6 nitrogen and oxygen atoms in total. The Morgan fingerprint density at radius 2 is 1.03 bits per heavy atom. The Morgan fingerprint density at radius 1 is 0.625 bits per heavy atom. The Balaban J connectivity index is 1.79. The number of hydrazone groups is 2. The quantitative estimate of drug-likeness (QED) is 0.141. The van der Waals surface area contributed by atoms with E-state index in [1.54, 1.807) is 0 Å². The van der Waals surface area contributed by atoms with Crippen LogP contribution in [0.5, 0.6) is 0 Å². The van der Waals surface area contributed by atoms with Crippen LogP contribution in [0.4, 0.5) is 11.6 Å². The first-order valence-corrected chi connectivity index (χ1v) is 12.7. The molecule has 2 rings (SSSR count). The van der Waals surface area contributed by atoms with E-state index in [1.807, 2.05) is 36.7 Å². The van der Waals surface area contributed by atoms with Gasteiger partial charge in [0.1, 0.15) is 0 Å². The highest BCUT2D eigenvalue weighted by Gasteiger charge is 2.07. The van der Waals surface area contributed by atoms with Crippen molar-refractivity contribution in [3.63, 3.8) is 0 Å². The van der Waals surface area contributed by atoms with Crippen molar-refractivity contribution in [2.24, 2.45) is 10.2 Å². The molecule has 0 fully saturated rings. The number of nitrogens with one attached hydrogen (secondary N) is 2. The molecule has 176 valence electrons. The van der Waals surface area contributed by atoms with Crippen molar-refractivity contribution in [2.75, 3.05) is 10.9 Å². The molecular weight excluding hydrogens is 396 g/mol. The summed E-state index contributed by atoms with van der Waals surface area (Å²) in [5.74, 6) is 1.34. The number of rotatable bonds is 18. The topological polar surface area (TPSA) is 74.6 Å². The van der Waals surface area contributed by atoms with E-state index in [-0.39, 0.29) is 0 Å². The average Bonchev–Trinajstić information content (AvgIpc) is 2.82. The number of unbranched alkanes of at least 4 members (excludes halogenated alkanes) is 12. The van der Waals surface area contributed by atoms with Crippen molar-refractivity contribution in [3.8, 4) is 0 Å². The molecule has 0 amide bonds. The van der Waals surface area contributed by atoms with Crippen LogP contribution in [-0.4, -0.2) is 22.6 Å². The number of hydrogen-bond acceptors (Lipinski definition) is 6. The molecule has 0 aliphatic heterocycles. The monoisotopic (exact) mass is 438 g/mol. The molecular formula is C26H42N6. The fraction of sp³-hybridized carbons (Fsp3) is 0.615. The van der Waals surface area contributed by atoms with Crippen LogP contribution in [0.2, 0.25) is 0 Å². The molecule has 0 aliphatic rings. The van der Waals surface area contributed by atoms with Crippen LogP contribution >= 0.6 is 0 Å². The Kier molecular flexibility index (Phi) is 13.8. The van der Waals surface area contributed by atoms with Gasteiger partial charge in [-0.15, -0.1) is 10.2 Å². The molecule has 0 saturated carbocycles. The minimum absolute atomic E-state index is 0.668. The van der Waals surface area contributed by atoms with Gasteiger partial charge in [-0.3, -0.25) is 10.9 Å². The SMILES string of the molecule is CCCCCCCC/C=N/Nc1nnc(N/N=C/CCCCCCCC)c2ccccc12. The van der Waals surface area contributed by atoms with Gasteiger partial charge in [0.05, 0.1) is 0 Å². The lowest BCUT2D eigenvalue weighted by atomic mass is 10.1. The minimum atomic E-state index is 0.668. The highest BCUT2D eigenvalue weighted by molar-refractivity contribution is 5.98. The maximum absolute atomic E-state index is 4.35. The second-order valence-corrected chi connectivity index (χ2v) is 8.40. The second kappa shape index (κ2) is 17.1. The van der Waals surface area contributed by atoms with Gasteiger partial charge in [-0.1, -0.05) is 102 Å². The van der Waals surface area contributed by atoms with Crippen molar-refractivity contribution < 1.29 is 0 Å². The zero-order valence-electron chi connectivity index (χ0n) is 20.2. The Bertz CT molecular complexity index is 736. The second-order valence-electron chi connectivity index (χ2n) is 8.40. The van der Waals surface area contributed by atoms with Crippen LogP contribution < -0.4 is 10.9 Å². The van der Waals surface area contributed by atoms with Crippen molar-refractivity contribution in [2.45, 2.75) is 104 Å². The molecule has 1 heterocycles. The molecule has 6 heteroatoms. The van der Waals surface area contributed by atoms with Gasteiger partial charge in [0.2, 0.25) is 0 Å². The largest absolute Gasteiger partial charge is 0.260 e. The first-order valence-electron chi connectivity index (χ1n) is 12.7. The molecule has 1 aromatic carbocycles. The van der Waals surface area contributed by atoms with Crippen LogP contribution in [0.25, 0.3) is 10.8 Å². The smallest absolute Gasteiger partial charge is 0.176 e. The summed E-state index contributed by atoms with van der Waals surface area (Å²) in [5, 5.41) is 19.3. The van der Waals surface area contributed by atoms with Gasteiger partial charge >= 0.3 is 0 Å². The molecule has 1 aromatic heterocycles. The van der Waals surface area contributed by atoms with E-state index >= 15 is 0 Å². The molecule has 0 atom stereocenters. The molecule has 0 bridgehead atoms. The van der Waals surface area contributed by atoms with E-state index in [1.165, 1.54) is 77.0 Å². The van der Waals surface area contributed by atoms with Crippen molar-refractivity contribution >= 4 is 34.8 Å². The molecule has 0 unspecified atom stereocenters. The molecule has 32 heavy (non-hydrogen) atoms. The number of benzene rings is 1. The minimum Gasteiger partial charge on any atom is -0.260 e. The van der Waals surface area contributed by atoms with Crippen molar-refractivity contribution in [1.29, 1.82) is 0 Å². The first-order chi connectivity index (χ1) is 15.9. The van der Waals surface area contributed by atoms with Crippen molar-refractivity contribution in [3.05, 3.63) is 24.3 Å². The first kappa shape index (κ1) is 25.8. The van der Waals surface area contributed by atoms with Crippen molar-refractivity contribution in [1.82, 2.24) is 10.2 Å². The highest BCUT2D eigenvalue weighted by atomic mass is 15.4. The number of aromatic nitrogens is 2. The van der Waals surface area contributed by atoms with E-state index in [0.717, 1.165) is 23.6 Å². The number of fused-ring (bicyclic) bond motifs is 1. The molecule has 0 spiro atoms. The predicted molar refractivity (Wildman–Crippen MR) is 140 cm³/mol. The number of nitrogens with zero attached hydrogens (tertiary/aromatic N) is 4. The van der Waals surface area contributed by atoms with Crippen LogP contribution in [-0.2, 0) is 0 Å². The lowest BCUT2D eigenvalue weighted by molar-refractivity contribution is 0.616. The van der Waals surface area contributed by atoms with Crippen LogP contribution in [0.1, 0.15) is 104 Å². The van der Waals surface area contributed by atoms with E-state index in [0.29, 0.717) is 11.6 Å². The zero-order valence-corrected chi connectivity index (χ0v) is 20.2. The van der Waals surface area contributed by atoms with E-state index in [2.05, 4.69) is 45.1 Å². The van der Waals surface area contributed by atoms with Crippen LogP contribution in [0.15, 0.2) is 34.5 Å². The van der Waals surface area contributed by atoms with E-state index in [9.17, 15) is 0 Å². The Morgan fingerprint density at radius 3 is 1.47 bits per heavy atom. The number of anilines is 2. The third kappa shape index (κ3) is 10.2.